The molecule has 0 aliphatic carbocycles. The lowest BCUT2D eigenvalue weighted by Gasteiger charge is -2.05. The summed E-state index contributed by atoms with van der Waals surface area (Å²) in [6, 6.07) is 3.44. The number of aromatic amines is 1. The number of carbonyl (C=O) groups excluding carboxylic acids is 1. The number of amides is 1. The third-order valence-electron chi connectivity index (χ3n) is 2.62. The van der Waals surface area contributed by atoms with Gasteiger partial charge in [-0.1, -0.05) is 6.07 Å². The zero-order valence-electron chi connectivity index (χ0n) is 10.1. The molecule has 19 heavy (non-hydrogen) atoms. The highest BCUT2D eigenvalue weighted by Crippen LogP contribution is 2.09. The Morgan fingerprint density at radius 3 is 2.84 bits per heavy atom. The van der Waals surface area contributed by atoms with Crippen molar-refractivity contribution < 1.29 is 13.6 Å². The molecule has 0 aliphatic rings. The monoisotopic (exact) mass is 265 g/mol. The van der Waals surface area contributed by atoms with Crippen LogP contribution in [0.4, 0.5) is 8.78 Å². The average Bonchev–Trinajstić information content (AvgIpc) is 2.87. The SMILES string of the molecule is O=C(Cc1ccc(F)c(F)c1)NCCc1cnc[nH]1. The van der Waals surface area contributed by atoms with E-state index in [1.807, 2.05) is 0 Å². The van der Waals surface area contributed by atoms with Crippen molar-refractivity contribution in [3.05, 3.63) is 53.6 Å². The summed E-state index contributed by atoms with van der Waals surface area (Å²) in [7, 11) is 0. The zero-order chi connectivity index (χ0) is 13.7. The van der Waals surface area contributed by atoms with Crippen molar-refractivity contribution in [1.29, 1.82) is 0 Å². The van der Waals surface area contributed by atoms with Gasteiger partial charge in [0.1, 0.15) is 0 Å². The summed E-state index contributed by atoms with van der Waals surface area (Å²) in [4.78, 5) is 18.4. The van der Waals surface area contributed by atoms with E-state index in [9.17, 15) is 13.6 Å². The van der Waals surface area contributed by atoms with Gasteiger partial charge < -0.3 is 10.3 Å². The van der Waals surface area contributed by atoms with E-state index < -0.39 is 11.6 Å². The Bertz CT molecular complexity index is 555. The maximum absolute atomic E-state index is 12.9. The van der Waals surface area contributed by atoms with E-state index >= 15 is 0 Å². The number of nitrogens with zero attached hydrogens (tertiary/aromatic N) is 1. The first-order valence-electron chi connectivity index (χ1n) is 5.83. The lowest BCUT2D eigenvalue weighted by Crippen LogP contribution is -2.27. The second-order valence-electron chi connectivity index (χ2n) is 4.10. The molecule has 2 rings (SSSR count). The highest BCUT2D eigenvalue weighted by atomic mass is 19.2. The number of carbonyl (C=O) groups is 1. The molecule has 0 saturated heterocycles. The van der Waals surface area contributed by atoms with E-state index in [4.69, 9.17) is 0 Å². The van der Waals surface area contributed by atoms with Crippen LogP contribution in [0.3, 0.4) is 0 Å². The normalized spacial score (nSPS) is 10.4. The summed E-state index contributed by atoms with van der Waals surface area (Å²) < 4.78 is 25.7. The lowest BCUT2D eigenvalue weighted by molar-refractivity contribution is -0.120. The molecule has 6 heteroatoms. The van der Waals surface area contributed by atoms with Gasteiger partial charge in [-0.2, -0.15) is 0 Å². The molecule has 0 aliphatic heterocycles. The quantitative estimate of drug-likeness (QED) is 0.862. The van der Waals surface area contributed by atoms with Gasteiger partial charge in [-0.15, -0.1) is 0 Å². The van der Waals surface area contributed by atoms with Gasteiger partial charge in [0.25, 0.3) is 0 Å². The summed E-state index contributed by atoms with van der Waals surface area (Å²) in [5.74, 6) is -2.09. The van der Waals surface area contributed by atoms with E-state index in [0.717, 1.165) is 17.8 Å². The van der Waals surface area contributed by atoms with Gasteiger partial charge >= 0.3 is 0 Å². The maximum Gasteiger partial charge on any atom is 0.224 e. The fourth-order valence-electron chi connectivity index (χ4n) is 1.66. The number of nitrogens with one attached hydrogen (secondary N) is 2. The molecule has 2 N–H and O–H groups in total. The smallest absolute Gasteiger partial charge is 0.224 e. The lowest BCUT2D eigenvalue weighted by atomic mass is 10.1. The topological polar surface area (TPSA) is 57.8 Å². The van der Waals surface area contributed by atoms with Crippen molar-refractivity contribution >= 4 is 5.91 Å². The standard InChI is InChI=1S/C13H13F2N3O/c14-11-2-1-9(5-12(11)15)6-13(19)17-4-3-10-7-16-8-18-10/h1-2,5,7-8H,3-4,6H2,(H,16,18)(H,17,19). The summed E-state index contributed by atoms with van der Waals surface area (Å²) in [6.45, 7) is 0.463. The second kappa shape index (κ2) is 6.08. The summed E-state index contributed by atoms with van der Waals surface area (Å²) in [5.41, 5.74) is 1.37. The molecule has 0 spiro atoms. The van der Waals surface area contributed by atoms with Crippen LogP contribution in [0.2, 0.25) is 0 Å². The predicted octanol–water partition coefficient (Wildman–Crippen LogP) is 1.59. The molecule has 0 atom stereocenters. The van der Waals surface area contributed by atoms with Crippen LogP contribution in [0.5, 0.6) is 0 Å². The van der Waals surface area contributed by atoms with Crippen LogP contribution in [0.25, 0.3) is 0 Å². The van der Waals surface area contributed by atoms with E-state index in [0.29, 0.717) is 18.5 Å². The fourth-order valence-corrected chi connectivity index (χ4v) is 1.66. The first-order chi connectivity index (χ1) is 9.15. The Morgan fingerprint density at radius 2 is 2.16 bits per heavy atom. The van der Waals surface area contributed by atoms with Crippen molar-refractivity contribution in [2.45, 2.75) is 12.8 Å². The number of H-pyrrole nitrogens is 1. The van der Waals surface area contributed by atoms with Gasteiger partial charge in [0.05, 0.1) is 12.7 Å². The number of benzene rings is 1. The zero-order valence-corrected chi connectivity index (χ0v) is 10.1. The largest absolute Gasteiger partial charge is 0.355 e. The Kier molecular flexibility index (Phi) is 4.22. The molecule has 0 bridgehead atoms. The predicted molar refractivity (Wildman–Crippen MR) is 65.4 cm³/mol. The Morgan fingerprint density at radius 1 is 1.32 bits per heavy atom. The minimum absolute atomic E-state index is 0.0280. The highest BCUT2D eigenvalue weighted by Gasteiger charge is 2.07. The Balaban J connectivity index is 1.79. The Hall–Kier alpha value is -2.24. The van der Waals surface area contributed by atoms with Crippen LogP contribution in [-0.4, -0.2) is 22.4 Å². The number of hydrogen-bond acceptors (Lipinski definition) is 2. The molecule has 4 nitrogen and oxygen atoms in total. The molecular formula is C13H13F2N3O. The van der Waals surface area contributed by atoms with Gasteiger partial charge in [-0.25, -0.2) is 13.8 Å². The van der Waals surface area contributed by atoms with Gasteiger partial charge in [0, 0.05) is 24.9 Å². The summed E-state index contributed by atoms with van der Waals surface area (Å²) >= 11 is 0. The van der Waals surface area contributed by atoms with E-state index in [2.05, 4.69) is 15.3 Å². The van der Waals surface area contributed by atoms with Crippen molar-refractivity contribution in [2.24, 2.45) is 0 Å². The fraction of sp³-hybridized carbons (Fsp3) is 0.231. The molecule has 100 valence electrons. The minimum Gasteiger partial charge on any atom is -0.355 e. The highest BCUT2D eigenvalue weighted by molar-refractivity contribution is 5.78. The second-order valence-corrected chi connectivity index (χ2v) is 4.10. The molecule has 1 amide bonds. The molecule has 2 aromatic rings. The Labute approximate surface area is 108 Å². The molecule has 0 radical (unpaired) electrons. The number of imidazole rings is 1. The first kappa shape index (κ1) is 13.2. The number of halogens is 2. The molecule has 1 aromatic heterocycles. The number of aromatic nitrogens is 2. The van der Waals surface area contributed by atoms with E-state index in [1.165, 1.54) is 6.07 Å². The van der Waals surface area contributed by atoms with Gasteiger partial charge in [0.2, 0.25) is 5.91 Å². The third-order valence-corrected chi connectivity index (χ3v) is 2.62. The van der Waals surface area contributed by atoms with Crippen molar-refractivity contribution in [3.63, 3.8) is 0 Å². The molecule has 0 fully saturated rings. The number of rotatable bonds is 5. The van der Waals surface area contributed by atoms with Crippen molar-refractivity contribution in [2.75, 3.05) is 6.54 Å². The molecule has 0 unspecified atom stereocenters. The first-order valence-corrected chi connectivity index (χ1v) is 5.83. The van der Waals surface area contributed by atoms with Crippen LogP contribution in [-0.2, 0) is 17.6 Å². The average molecular weight is 265 g/mol. The van der Waals surface area contributed by atoms with Crippen LogP contribution in [0.1, 0.15) is 11.3 Å². The van der Waals surface area contributed by atoms with Crippen LogP contribution in [0, 0.1) is 11.6 Å². The molecular weight excluding hydrogens is 252 g/mol. The molecule has 1 heterocycles. The van der Waals surface area contributed by atoms with E-state index in [-0.39, 0.29) is 12.3 Å². The summed E-state index contributed by atoms with van der Waals surface area (Å²) in [6.07, 6.45) is 3.92. The van der Waals surface area contributed by atoms with Gasteiger partial charge in [-0.05, 0) is 17.7 Å². The summed E-state index contributed by atoms with van der Waals surface area (Å²) in [5, 5.41) is 2.70. The maximum atomic E-state index is 12.9. The van der Waals surface area contributed by atoms with Crippen LogP contribution in [0.15, 0.2) is 30.7 Å². The van der Waals surface area contributed by atoms with Crippen molar-refractivity contribution in [3.8, 4) is 0 Å². The third kappa shape index (κ3) is 3.87. The molecule has 1 aromatic carbocycles. The molecule has 0 saturated carbocycles. The van der Waals surface area contributed by atoms with Crippen LogP contribution >= 0.6 is 0 Å². The minimum atomic E-state index is -0.942. The van der Waals surface area contributed by atoms with Gasteiger partial charge in [-0.3, -0.25) is 4.79 Å². The van der Waals surface area contributed by atoms with E-state index in [1.54, 1.807) is 12.5 Å². The number of hydrogen-bond donors (Lipinski definition) is 2. The van der Waals surface area contributed by atoms with Crippen molar-refractivity contribution in [1.82, 2.24) is 15.3 Å². The van der Waals surface area contributed by atoms with Crippen LogP contribution < -0.4 is 5.32 Å². The van der Waals surface area contributed by atoms with Gasteiger partial charge in [0.15, 0.2) is 11.6 Å².